The molecule has 0 aliphatic rings. The van der Waals surface area contributed by atoms with E-state index in [9.17, 15) is 9.32 Å². The second-order valence-electron chi connectivity index (χ2n) is 8.45. The van der Waals surface area contributed by atoms with Gasteiger partial charge in [-0.05, 0) is 41.5 Å². The average molecular weight is 345 g/mol. The standard InChI is InChI=1S/C21H28O2S/c1-14-8-10-16(11-9-14)24(23)18-13-15(20(2,3)4)12-17(19(18)22)21(5,6)7/h8-13,22H,1-7H3. The van der Waals surface area contributed by atoms with Crippen LogP contribution in [0.4, 0.5) is 0 Å². The van der Waals surface area contributed by atoms with Crippen molar-refractivity contribution in [2.45, 2.75) is 69.1 Å². The maximum absolute atomic E-state index is 13.1. The summed E-state index contributed by atoms with van der Waals surface area (Å²) in [5, 5.41) is 10.8. The van der Waals surface area contributed by atoms with E-state index in [1.54, 1.807) is 0 Å². The number of aromatic hydroxyl groups is 1. The average Bonchev–Trinajstić information content (AvgIpc) is 2.45. The monoisotopic (exact) mass is 344 g/mol. The normalized spacial score (nSPS) is 13.8. The third-order valence-corrected chi connectivity index (χ3v) is 5.59. The lowest BCUT2D eigenvalue weighted by Gasteiger charge is -2.27. The molecular weight excluding hydrogens is 316 g/mol. The second-order valence-corrected chi connectivity index (χ2v) is 9.90. The molecule has 130 valence electrons. The van der Waals surface area contributed by atoms with Crippen molar-refractivity contribution in [3.05, 3.63) is 53.1 Å². The van der Waals surface area contributed by atoms with Gasteiger partial charge in [0.15, 0.2) is 0 Å². The first kappa shape index (κ1) is 18.7. The van der Waals surface area contributed by atoms with Crippen molar-refractivity contribution in [1.82, 2.24) is 0 Å². The minimum absolute atomic E-state index is 0.0834. The third-order valence-electron chi connectivity index (χ3n) is 4.18. The van der Waals surface area contributed by atoms with Crippen molar-refractivity contribution in [2.24, 2.45) is 0 Å². The zero-order valence-electron chi connectivity index (χ0n) is 15.7. The van der Waals surface area contributed by atoms with Gasteiger partial charge >= 0.3 is 0 Å². The molecule has 0 amide bonds. The highest BCUT2D eigenvalue weighted by Gasteiger charge is 2.27. The molecule has 24 heavy (non-hydrogen) atoms. The fourth-order valence-corrected chi connectivity index (χ4v) is 3.70. The molecule has 0 saturated carbocycles. The van der Waals surface area contributed by atoms with Crippen molar-refractivity contribution in [3.8, 4) is 5.75 Å². The first-order valence-corrected chi connectivity index (χ1v) is 9.42. The van der Waals surface area contributed by atoms with E-state index in [4.69, 9.17) is 0 Å². The fourth-order valence-electron chi connectivity index (χ4n) is 2.54. The van der Waals surface area contributed by atoms with Crippen LogP contribution in [-0.4, -0.2) is 9.32 Å². The first-order valence-electron chi connectivity index (χ1n) is 8.27. The molecule has 0 spiro atoms. The maximum atomic E-state index is 13.1. The molecule has 0 fully saturated rings. The van der Waals surface area contributed by atoms with Gasteiger partial charge in [-0.3, -0.25) is 0 Å². The summed E-state index contributed by atoms with van der Waals surface area (Å²) in [6, 6.07) is 11.6. The van der Waals surface area contributed by atoms with E-state index in [1.807, 2.05) is 43.3 Å². The topological polar surface area (TPSA) is 37.3 Å². The minimum Gasteiger partial charge on any atom is -0.506 e. The van der Waals surface area contributed by atoms with Gasteiger partial charge in [0, 0.05) is 10.5 Å². The fraction of sp³-hybridized carbons (Fsp3) is 0.429. The van der Waals surface area contributed by atoms with E-state index in [2.05, 4.69) is 41.5 Å². The molecule has 0 saturated heterocycles. The van der Waals surface area contributed by atoms with Crippen LogP contribution in [-0.2, 0) is 21.6 Å². The van der Waals surface area contributed by atoms with Crippen LogP contribution >= 0.6 is 0 Å². The summed E-state index contributed by atoms with van der Waals surface area (Å²) >= 11 is 0. The number of phenolic OH excluding ortho intramolecular Hbond substituents is 1. The lowest BCUT2D eigenvalue weighted by atomic mass is 9.80. The van der Waals surface area contributed by atoms with E-state index in [0.717, 1.165) is 16.7 Å². The lowest BCUT2D eigenvalue weighted by Crippen LogP contribution is -2.17. The van der Waals surface area contributed by atoms with Gasteiger partial charge in [-0.1, -0.05) is 65.3 Å². The van der Waals surface area contributed by atoms with Crippen LogP contribution < -0.4 is 0 Å². The molecule has 0 radical (unpaired) electrons. The summed E-state index contributed by atoms with van der Waals surface area (Å²) in [4.78, 5) is 1.21. The van der Waals surface area contributed by atoms with Gasteiger partial charge in [0.05, 0.1) is 15.7 Å². The minimum atomic E-state index is -1.41. The number of phenols is 1. The molecule has 2 aromatic rings. The Kier molecular flexibility index (Phi) is 4.96. The molecule has 1 atom stereocenters. The van der Waals surface area contributed by atoms with Crippen LogP contribution in [0.25, 0.3) is 0 Å². The number of hydrogen-bond donors (Lipinski definition) is 1. The van der Waals surface area contributed by atoms with Gasteiger partial charge in [-0.2, -0.15) is 0 Å². The summed E-state index contributed by atoms with van der Waals surface area (Å²) < 4.78 is 13.1. The van der Waals surface area contributed by atoms with Gasteiger partial charge in [0.1, 0.15) is 5.75 Å². The molecule has 2 rings (SSSR count). The van der Waals surface area contributed by atoms with Crippen LogP contribution in [0.1, 0.15) is 58.2 Å². The Morgan fingerprint density at radius 2 is 1.42 bits per heavy atom. The smallest absolute Gasteiger partial charge is 0.135 e. The molecule has 2 aromatic carbocycles. The van der Waals surface area contributed by atoms with Crippen LogP contribution in [0.5, 0.6) is 5.75 Å². The Balaban J connectivity index is 2.68. The summed E-state index contributed by atoms with van der Waals surface area (Å²) in [6.45, 7) is 14.6. The van der Waals surface area contributed by atoms with E-state index in [0.29, 0.717) is 9.79 Å². The summed E-state index contributed by atoms with van der Waals surface area (Å²) in [5.74, 6) is 0.148. The molecule has 3 heteroatoms. The van der Waals surface area contributed by atoms with Crippen molar-refractivity contribution >= 4 is 10.8 Å². The Morgan fingerprint density at radius 1 is 0.875 bits per heavy atom. The van der Waals surface area contributed by atoms with Gasteiger partial charge in [0.25, 0.3) is 0 Å². The van der Waals surface area contributed by atoms with Crippen molar-refractivity contribution in [2.75, 3.05) is 0 Å². The highest BCUT2D eigenvalue weighted by atomic mass is 32.2. The number of hydrogen-bond acceptors (Lipinski definition) is 2. The number of benzene rings is 2. The zero-order valence-corrected chi connectivity index (χ0v) is 16.5. The van der Waals surface area contributed by atoms with E-state index >= 15 is 0 Å². The zero-order chi connectivity index (χ0) is 18.3. The molecule has 1 N–H and O–H groups in total. The molecule has 2 nitrogen and oxygen atoms in total. The van der Waals surface area contributed by atoms with Gasteiger partial charge in [-0.15, -0.1) is 0 Å². The Hall–Kier alpha value is -1.61. The van der Waals surface area contributed by atoms with Gasteiger partial charge in [0.2, 0.25) is 0 Å². The molecule has 0 heterocycles. The summed E-state index contributed by atoms with van der Waals surface area (Å²) in [6.07, 6.45) is 0. The van der Waals surface area contributed by atoms with Crippen LogP contribution in [0, 0.1) is 6.92 Å². The van der Waals surface area contributed by atoms with Gasteiger partial charge in [-0.25, -0.2) is 4.21 Å². The van der Waals surface area contributed by atoms with Crippen molar-refractivity contribution in [1.29, 1.82) is 0 Å². The highest BCUT2D eigenvalue weighted by Crippen LogP contribution is 2.40. The molecule has 1 unspecified atom stereocenters. The molecule has 0 aliphatic carbocycles. The van der Waals surface area contributed by atoms with Crippen molar-refractivity contribution in [3.63, 3.8) is 0 Å². The van der Waals surface area contributed by atoms with Crippen LogP contribution in [0.15, 0.2) is 46.2 Å². The summed E-state index contributed by atoms with van der Waals surface area (Å²) in [5.41, 5.74) is 2.74. The second kappa shape index (κ2) is 6.36. The quantitative estimate of drug-likeness (QED) is 0.785. The third kappa shape index (κ3) is 3.89. The highest BCUT2D eigenvalue weighted by molar-refractivity contribution is 7.85. The molecule has 0 aliphatic heterocycles. The SMILES string of the molecule is Cc1ccc(S(=O)c2cc(C(C)(C)C)cc(C(C)(C)C)c2O)cc1. The predicted octanol–water partition coefficient (Wildman–Crippen LogP) is 5.46. The lowest BCUT2D eigenvalue weighted by molar-refractivity contribution is 0.431. The van der Waals surface area contributed by atoms with E-state index in [-0.39, 0.29) is 16.6 Å². The molecule has 0 aromatic heterocycles. The van der Waals surface area contributed by atoms with Crippen LogP contribution in [0.3, 0.4) is 0 Å². The van der Waals surface area contributed by atoms with Crippen LogP contribution in [0.2, 0.25) is 0 Å². The van der Waals surface area contributed by atoms with Crippen molar-refractivity contribution < 1.29 is 9.32 Å². The van der Waals surface area contributed by atoms with E-state index < -0.39 is 10.8 Å². The Morgan fingerprint density at radius 3 is 1.88 bits per heavy atom. The largest absolute Gasteiger partial charge is 0.506 e. The summed E-state index contributed by atoms with van der Waals surface area (Å²) in [7, 11) is -1.41. The maximum Gasteiger partial charge on any atom is 0.135 e. The Bertz CT molecular complexity index is 760. The molecule has 0 bridgehead atoms. The Labute approximate surface area is 148 Å². The van der Waals surface area contributed by atoms with Gasteiger partial charge < -0.3 is 5.11 Å². The predicted molar refractivity (Wildman–Crippen MR) is 101 cm³/mol. The van der Waals surface area contributed by atoms with E-state index in [1.165, 1.54) is 0 Å². The number of rotatable bonds is 2. The number of aryl methyl sites for hydroxylation is 1. The first-order chi connectivity index (χ1) is 10.9. The molecular formula is C21H28O2S.